The van der Waals surface area contributed by atoms with Gasteiger partial charge in [-0.2, -0.15) is 13.2 Å². The number of hydrogen-bond donors (Lipinski definition) is 2. The van der Waals surface area contributed by atoms with Gasteiger partial charge in [0.15, 0.2) is 12.6 Å². The van der Waals surface area contributed by atoms with E-state index in [0.29, 0.717) is 24.6 Å². The molecule has 2 rings (SSSR count). The molecule has 1 aromatic carbocycles. The summed E-state index contributed by atoms with van der Waals surface area (Å²) in [6.07, 6.45) is -2.58. The van der Waals surface area contributed by atoms with E-state index in [-0.39, 0.29) is 12.3 Å². The Morgan fingerprint density at radius 3 is 2.67 bits per heavy atom. The van der Waals surface area contributed by atoms with Gasteiger partial charge >= 0.3 is 6.18 Å². The summed E-state index contributed by atoms with van der Waals surface area (Å²) >= 11 is 1.59. The van der Waals surface area contributed by atoms with Gasteiger partial charge in [-0.1, -0.05) is 12.1 Å². The quantitative estimate of drug-likeness (QED) is 0.546. The van der Waals surface area contributed by atoms with Crippen molar-refractivity contribution in [1.29, 1.82) is 0 Å². The normalized spacial score (nSPS) is 12.1. The van der Waals surface area contributed by atoms with Gasteiger partial charge in [0, 0.05) is 23.2 Å². The molecule has 0 spiro atoms. The van der Waals surface area contributed by atoms with Crippen LogP contribution in [0.25, 0.3) is 0 Å². The van der Waals surface area contributed by atoms with Crippen LogP contribution in [0.15, 0.2) is 29.4 Å². The SMILES string of the molecule is CCNC(=NCc1ccc(C)cc1OCC(F)(F)F)NCc1cnc(C)s1. The van der Waals surface area contributed by atoms with Crippen molar-refractivity contribution in [2.75, 3.05) is 13.2 Å². The Kier molecular flexibility index (Phi) is 7.46. The lowest BCUT2D eigenvalue weighted by Crippen LogP contribution is -2.36. The monoisotopic (exact) mass is 400 g/mol. The van der Waals surface area contributed by atoms with Crippen LogP contribution < -0.4 is 15.4 Å². The topological polar surface area (TPSA) is 58.5 Å². The summed E-state index contributed by atoms with van der Waals surface area (Å²) < 4.78 is 42.4. The molecular formula is C18H23F3N4OS. The van der Waals surface area contributed by atoms with Gasteiger partial charge in [0.2, 0.25) is 0 Å². The van der Waals surface area contributed by atoms with Gasteiger partial charge in [-0.25, -0.2) is 9.98 Å². The number of thiazole rings is 1. The Morgan fingerprint density at radius 1 is 1.26 bits per heavy atom. The Hall–Kier alpha value is -2.29. The van der Waals surface area contributed by atoms with Gasteiger partial charge in [-0.3, -0.25) is 0 Å². The van der Waals surface area contributed by atoms with Gasteiger partial charge in [0.1, 0.15) is 5.75 Å². The average molecular weight is 400 g/mol. The molecule has 0 aliphatic carbocycles. The van der Waals surface area contributed by atoms with Crippen molar-refractivity contribution in [1.82, 2.24) is 15.6 Å². The first kappa shape index (κ1) is 21.0. The molecule has 2 N–H and O–H groups in total. The molecule has 27 heavy (non-hydrogen) atoms. The lowest BCUT2D eigenvalue weighted by molar-refractivity contribution is -0.153. The highest BCUT2D eigenvalue weighted by atomic mass is 32.1. The zero-order valence-corrected chi connectivity index (χ0v) is 16.3. The molecule has 0 saturated carbocycles. The van der Waals surface area contributed by atoms with Crippen LogP contribution in [0.4, 0.5) is 13.2 Å². The maximum Gasteiger partial charge on any atom is 0.422 e. The van der Waals surface area contributed by atoms with E-state index in [4.69, 9.17) is 4.74 Å². The summed E-state index contributed by atoms with van der Waals surface area (Å²) in [5.74, 6) is 0.774. The highest BCUT2D eigenvalue weighted by molar-refractivity contribution is 7.11. The fourth-order valence-corrected chi connectivity index (χ4v) is 2.98. The predicted molar refractivity (Wildman–Crippen MR) is 101 cm³/mol. The zero-order valence-electron chi connectivity index (χ0n) is 15.5. The smallest absolute Gasteiger partial charge is 0.422 e. The fourth-order valence-electron chi connectivity index (χ4n) is 2.25. The number of nitrogens with zero attached hydrogens (tertiary/aromatic N) is 2. The van der Waals surface area contributed by atoms with Gasteiger partial charge in [-0.05, 0) is 32.4 Å². The molecule has 1 heterocycles. The maximum atomic E-state index is 12.5. The second-order valence-corrected chi connectivity index (χ2v) is 7.23. The molecule has 0 atom stereocenters. The minimum atomic E-state index is -4.38. The first-order valence-corrected chi connectivity index (χ1v) is 9.31. The lowest BCUT2D eigenvalue weighted by atomic mass is 10.1. The number of nitrogens with one attached hydrogen (secondary N) is 2. The van der Waals surface area contributed by atoms with Crippen LogP contribution in [0, 0.1) is 13.8 Å². The van der Waals surface area contributed by atoms with Crippen molar-refractivity contribution in [2.45, 2.75) is 40.0 Å². The van der Waals surface area contributed by atoms with Crippen LogP contribution in [-0.4, -0.2) is 30.3 Å². The molecule has 0 amide bonds. The molecule has 0 radical (unpaired) electrons. The minimum absolute atomic E-state index is 0.199. The van der Waals surface area contributed by atoms with Crippen LogP contribution in [0.1, 0.15) is 27.9 Å². The molecule has 5 nitrogen and oxygen atoms in total. The maximum absolute atomic E-state index is 12.5. The van der Waals surface area contributed by atoms with Gasteiger partial charge < -0.3 is 15.4 Å². The first-order valence-electron chi connectivity index (χ1n) is 8.49. The number of halogens is 3. The molecule has 0 fully saturated rings. The predicted octanol–water partition coefficient (Wildman–Crippen LogP) is 3.96. The fraction of sp³-hybridized carbons (Fsp3) is 0.444. The Labute approximate surface area is 160 Å². The number of aromatic nitrogens is 1. The van der Waals surface area contributed by atoms with E-state index in [1.54, 1.807) is 36.6 Å². The summed E-state index contributed by atoms with van der Waals surface area (Å²) in [7, 11) is 0. The molecule has 0 bridgehead atoms. The number of hydrogen-bond acceptors (Lipinski definition) is 4. The van der Waals surface area contributed by atoms with E-state index in [9.17, 15) is 13.2 Å². The number of benzene rings is 1. The lowest BCUT2D eigenvalue weighted by Gasteiger charge is -2.14. The zero-order chi connectivity index (χ0) is 19.9. The number of aliphatic imine (C=N–C) groups is 1. The number of guanidine groups is 1. The molecule has 0 aliphatic rings. The summed E-state index contributed by atoms with van der Waals surface area (Å²) in [6.45, 7) is 5.80. The van der Waals surface area contributed by atoms with Crippen LogP contribution in [0.2, 0.25) is 0 Å². The van der Waals surface area contributed by atoms with Crippen molar-refractivity contribution < 1.29 is 17.9 Å². The largest absolute Gasteiger partial charge is 0.484 e. The number of alkyl halides is 3. The third-order valence-electron chi connectivity index (χ3n) is 3.46. The van der Waals surface area contributed by atoms with Gasteiger partial charge in [0.25, 0.3) is 0 Å². The molecule has 9 heteroatoms. The summed E-state index contributed by atoms with van der Waals surface area (Å²) in [4.78, 5) is 9.73. The van der Waals surface area contributed by atoms with Crippen LogP contribution in [0.3, 0.4) is 0 Å². The Morgan fingerprint density at radius 2 is 2.04 bits per heavy atom. The van der Waals surface area contributed by atoms with Crippen molar-refractivity contribution in [2.24, 2.45) is 4.99 Å². The number of aryl methyl sites for hydroxylation is 2. The van der Waals surface area contributed by atoms with E-state index < -0.39 is 12.8 Å². The standard InChI is InChI=1S/C18H23F3N4OS/c1-4-22-17(25-10-15-9-23-13(3)27-15)24-8-14-6-5-12(2)7-16(14)26-11-18(19,20)21/h5-7,9H,4,8,10-11H2,1-3H3,(H2,22,24,25). The van der Waals surface area contributed by atoms with E-state index in [0.717, 1.165) is 15.4 Å². The molecule has 1 aromatic heterocycles. The van der Waals surface area contributed by atoms with Crippen molar-refractivity contribution in [3.8, 4) is 5.75 Å². The first-order chi connectivity index (χ1) is 12.8. The van der Waals surface area contributed by atoms with Gasteiger partial charge in [0.05, 0.1) is 18.1 Å². The Balaban J connectivity index is 2.07. The van der Waals surface area contributed by atoms with E-state index in [2.05, 4.69) is 20.6 Å². The second-order valence-electron chi connectivity index (χ2n) is 5.91. The van der Waals surface area contributed by atoms with Crippen molar-refractivity contribution in [3.05, 3.63) is 45.4 Å². The third-order valence-corrected chi connectivity index (χ3v) is 4.38. The average Bonchev–Trinajstić information content (AvgIpc) is 3.01. The van der Waals surface area contributed by atoms with Crippen molar-refractivity contribution >= 4 is 17.3 Å². The highest BCUT2D eigenvalue weighted by Gasteiger charge is 2.28. The third kappa shape index (κ3) is 7.46. The van der Waals surface area contributed by atoms with E-state index >= 15 is 0 Å². The summed E-state index contributed by atoms with van der Waals surface area (Å²) in [5, 5.41) is 7.30. The van der Waals surface area contributed by atoms with Gasteiger partial charge in [-0.15, -0.1) is 11.3 Å². The highest BCUT2D eigenvalue weighted by Crippen LogP contribution is 2.24. The molecular weight excluding hydrogens is 377 g/mol. The number of rotatable bonds is 7. The molecule has 2 aromatic rings. The second kappa shape index (κ2) is 9.59. The van der Waals surface area contributed by atoms with Crippen LogP contribution in [-0.2, 0) is 13.1 Å². The molecule has 0 aliphatic heterocycles. The Bertz CT molecular complexity index is 774. The molecule has 0 unspecified atom stereocenters. The molecule has 148 valence electrons. The molecule has 0 saturated heterocycles. The van der Waals surface area contributed by atoms with Crippen molar-refractivity contribution in [3.63, 3.8) is 0 Å². The van der Waals surface area contributed by atoms with Crippen LogP contribution in [0.5, 0.6) is 5.75 Å². The number of ether oxygens (including phenoxy) is 1. The minimum Gasteiger partial charge on any atom is -0.484 e. The summed E-state index contributed by atoms with van der Waals surface area (Å²) in [6, 6.07) is 5.16. The van der Waals surface area contributed by atoms with E-state index in [1.165, 1.54) is 0 Å². The summed E-state index contributed by atoms with van der Waals surface area (Å²) in [5.41, 5.74) is 1.42. The van der Waals surface area contributed by atoms with E-state index in [1.807, 2.05) is 19.9 Å². The van der Waals surface area contributed by atoms with Crippen LogP contribution >= 0.6 is 11.3 Å².